The third-order valence-electron chi connectivity index (χ3n) is 14.0. The Balaban J connectivity index is 3.39. The molecule has 0 aromatic rings. The summed E-state index contributed by atoms with van der Waals surface area (Å²) in [5.74, 6) is -0.0352. The van der Waals surface area contributed by atoms with Crippen LogP contribution < -0.4 is 5.32 Å². The lowest BCUT2D eigenvalue weighted by molar-refractivity contribution is -0.143. The first-order chi connectivity index (χ1) is 33.0. The van der Waals surface area contributed by atoms with Crippen molar-refractivity contribution < 1.29 is 24.5 Å². The largest absolute Gasteiger partial charge is 0.466 e. The van der Waals surface area contributed by atoms with E-state index in [1.54, 1.807) is 0 Å². The first-order valence-electron chi connectivity index (χ1n) is 30.1. The number of unbranched alkanes of at least 4 members (excludes halogenated alkanes) is 41. The minimum atomic E-state index is -0.666. The van der Waals surface area contributed by atoms with Gasteiger partial charge >= 0.3 is 5.97 Å². The lowest BCUT2D eigenvalue weighted by Crippen LogP contribution is -2.45. The molecule has 0 aliphatic heterocycles. The molecule has 67 heavy (non-hydrogen) atoms. The first kappa shape index (κ1) is 65.3. The summed E-state index contributed by atoms with van der Waals surface area (Å²) in [5.41, 5.74) is 0. The molecule has 0 aliphatic carbocycles. The summed E-state index contributed by atoms with van der Waals surface area (Å²) in [5, 5.41) is 23.2. The van der Waals surface area contributed by atoms with Crippen molar-refractivity contribution in [2.45, 2.75) is 341 Å². The van der Waals surface area contributed by atoms with Gasteiger partial charge in [0, 0.05) is 12.8 Å². The van der Waals surface area contributed by atoms with E-state index in [-0.39, 0.29) is 18.5 Å². The predicted molar refractivity (Wildman–Crippen MR) is 292 cm³/mol. The minimum absolute atomic E-state index is 0.00410. The van der Waals surface area contributed by atoms with E-state index in [9.17, 15) is 19.8 Å². The second-order valence-electron chi connectivity index (χ2n) is 20.7. The van der Waals surface area contributed by atoms with Crippen molar-refractivity contribution in [1.82, 2.24) is 5.32 Å². The van der Waals surface area contributed by atoms with Crippen LogP contribution in [0.4, 0.5) is 0 Å². The van der Waals surface area contributed by atoms with Gasteiger partial charge in [-0.15, -0.1) is 0 Å². The van der Waals surface area contributed by atoms with Crippen molar-refractivity contribution in [3.63, 3.8) is 0 Å². The fourth-order valence-electron chi connectivity index (χ4n) is 9.34. The van der Waals surface area contributed by atoms with Crippen LogP contribution in [0.15, 0.2) is 24.3 Å². The van der Waals surface area contributed by atoms with Gasteiger partial charge in [0.25, 0.3) is 0 Å². The normalized spacial score (nSPS) is 12.7. The number of aliphatic hydroxyl groups is 2. The van der Waals surface area contributed by atoms with Crippen LogP contribution in [0.5, 0.6) is 0 Å². The third kappa shape index (κ3) is 53.5. The van der Waals surface area contributed by atoms with Gasteiger partial charge in [0.15, 0.2) is 0 Å². The maximum absolute atomic E-state index is 12.4. The van der Waals surface area contributed by atoms with E-state index >= 15 is 0 Å². The molecule has 0 aliphatic rings. The molecule has 0 aromatic heterocycles. The van der Waals surface area contributed by atoms with Gasteiger partial charge in [0.2, 0.25) is 5.91 Å². The van der Waals surface area contributed by atoms with E-state index in [0.717, 1.165) is 44.9 Å². The van der Waals surface area contributed by atoms with Gasteiger partial charge in [-0.25, -0.2) is 0 Å². The summed E-state index contributed by atoms with van der Waals surface area (Å²) < 4.78 is 5.47. The van der Waals surface area contributed by atoms with Crippen LogP contribution in [-0.2, 0) is 14.3 Å². The van der Waals surface area contributed by atoms with E-state index in [0.29, 0.717) is 25.9 Å². The zero-order valence-electron chi connectivity index (χ0n) is 45.1. The van der Waals surface area contributed by atoms with Crippen LogP contribution in [0.25, 0.3) is 0 Å². The summed E-state index contributed by atoms with van der Waals surface area (Å²) in [6.45, 7) is 4.94. The molecule has 0 bridgehead atoms. The Bertz CT molecular complexity index is 1040. The van der Waals surface area contributed by atoms with E-state index < -0.39 is 12.1 Å². The maximum Gasteiger partial charge on any atom is 0.305 e. The van der Waals surface area contributed by atoms with Crippen molar-refractivity contribution in [2.75, 3.05) is 13.2 Å². The van der Waals surface area contributed by atoms with Gasteiger partial charge in [0.05, 0.1) is 25.4 Å². The van der Waals surface area contributed by atoms with Gasteiger partial charge in [-0.2, -0.15) is 0 Å². The number of nitrogens with one attached hydrogen (secondary N) is 1. The number of esters is 1. The highest BCUT2D eigenvalue weighted by molar-refractivity contribution is 5.76. The van der Waals surface area contributed by atoms with Crippen LogP contribution in [0.1, 0.15) is 328 Å². The maximum atomic E-state index is 12.4. The average molecular weight is 945 g/mol. The van der Waals surface area contributed by atoms with Gasteiger partial charge in [-0.3, -0.25) is 9.59 Å². The standard InChI is InChI=1S/C61H117NO5/c1-3-5-7-9-11-13-15-17-31-35-39-43-47-51-55-61(66)67-56-52-48-44-40-36-32-29-27-25-23-21-19-18-20-22-24-26-28-30-34-38-42-46-50-54-60(65)62-58(57-63)59(64)53-49-45-41-37-33-16-14-12-10-8-6-4-2/h15,17,20,22,58-59,63-64H,3-14,16,18-19,21,23-57H2,1-2H3,(H,62,65)/b17-15-,22-20-. The van der Waals surface area contributed by atoms with Crippen molar-refractivity contribution in [2.24, 2.45) is 0 Å². The molecule has 6 nitrogen and oxygen atoms in total. The number of amides is 1. The van der Waals surface area contributed by atoms with E-state index in [4.69, 9.17) is 4.74 Å². The van der Waals surface area contributed by atoms with Gasteiger partial charge < -0.3 is 20.3 Å². The second kappa shape index (κ2) is 56.9. The van der Waals surface area contributed by atoms with Gasteiger partial charge in [-0.1, -0.05) is 263 Å². The fraction of sp³-hybridized carbons (Fsp3) is 0.902. The highest BCUT2D eigenvalue weighted by Gasteiger charge is 2.20. The molecule has 2 atom stereocenters. The van der Waals surface area contributed by atoms with E-state index in [2.05, 4.69) is 43.5 Å². The lowest BCUT2D eigenvalue weighted by atomic mass is 10.0. The zero-order valence-corrected chi connectivity index (χ0v) is 45.1. The van der Waals surface area contributed by atoms with Crippen LogP contribution in [0, 0.1) is 0 Å². The summed E-state index contributed by atoms with van der Waals surface area (Å²) >= 11 is 0. The number of allylic oxidation sites excluding steroid dienone is 4. The number of hydrogen-bond donors (Lipinski definition) is 3. The Morgan fingerprint density at radius 1 is 0.403 bits per heavy atom. The molecular formula is C61H117NO5. The number of aliphatic hydroxyl groups excluding tert-OH is 2. The SMILES string of the molecule is CCCCCCC/C=C\CCCCCCCC(=O)OCCCCCCCCCCCCCC/C=C\CCCCCCCCCCC(=O)NC(CO)C(O)CCCCCCCCCCCCCC. The topological polar surface area (TPSA) is 95.9 Å². The second-order valence-corrected chi connectivity index (χ2v) is 20.7. The molecule has 6 heteroatoms. The summed E-state index contributed by atoms with van der Waals surface area (Å²) in [4.78, 5) is 24.5. The average Bonchev–Trinajstić information content (AvgIpc) is 3.33. The van der Waals surface area contributed by atoms with Crippen LogP contribution in [0.3, 0.4) is 0 Å². The zero-order chi connectivity index (χ0) is 48.6. The summed E-state index contributed by atoms with van der Waals surface area (Å²) in [7, 11) is 0. The Labute approximate surface area is 418 Å². The molecule has 0 saturated carbocycles. The van der Waals surface area contributed by atoms with Crippen LogP contribution in [-0.4, -0.2) is 47.4 Å². The molecule has 3 N–H and O–H groups in total. The highest BCUT2D eigenvalue weighted by atomic mass is 16.5. The smallest absolute Gasteiger partial charge is 0.305 e. The van der Waals surface area contributed by atoms with Crippen LogP contribution >= 0.6 is 0 Å². The fourth-order valence-corrected chi connectivity index (χ4v) is 9.34. The van der Waals surface area contributed by atoms with Crippen molar-refractivity contribution >= 4 is 11.9 Å². The molecule has 0 rings (SSSR count). The number of carbonyl (C=O) groups excluding carboxylic acids is 2. The van der Waals surface area contributed by atoms with Crippen LogP contribution in [0.2, 0.25) is 0 Å². The number of ether oxygens (including phenoxy) is 1. The Morgan fingerprint density at radius 3 is 1.06 bits per heavy atom. The Morgan fingerprint density at radius 2 is 0.701 bits per heavy atom. The monoisotopic (exact) mass is 944 g/mol. The Kier molecular flexibility index (Phi) is 55.5. The van der Waals surface area contributed by atoms with Crippen molar-refractivity contribution in [3.8, 4) is 0 Å². The molecule has 0 radical (unpaired) electrons. The van der Waals surface area contributed by atoms with E-state index in [1.807, 2.05) is 0 Å². The number of carbonyl (C=O) groups is 2. The summed E-state index contributed by atoms with van der Waals surface area (Å²) in [6.07, 6.45) is 69.0. The molecule has 396 valence electrons. The molecule has 0 spiro atoms. The van der Waals surface area contributed by atoms with Crippen molar-refractivity contribution in [1.29, 1.82) is 0 Å². The third-order valence-corrected chi connectivity index (χ3v) is 14.0. The van der Waals surface area contributed by atoms with Crippen molar-refractivity contribution in [3.05, 3.63) is 24.3 Å². The first-order valence-corrected chi connectivity index (χ1v) is 30.1. The van der Waals surface area contributed by atoms with E-state index in [1.165, 1.54) is 250 Å². The molecule has 2 unspecified atom stereocenters. The number of rotatable bonds is 56. The minimum Gasteiger partial charge on any atom is -0.466 e. The highest BCUT2D eigenvalue weighted by Crippen LogP contribution is 2.17. The Hall–Kier alpha value is -1.66. The molecule has 1 amide bonds. The quantitative estimate of drug-likeness (QED) is 0.0321. The lowest BCUT2D eigenvalue weighted by Gasteiger charge is -2.22. The molecule has 0 saturated heterocycles. The predicted octanol–water partition coefficient (Wildman–Crippen LogP) is 18.6. The molecule has 0 fully saturated rings. The summed E-state index contributed by atoms with van der Waals surface area (Å²) in [6, 6.07) is -0.543. The molecular weight excluding hydrogens is 827 g/mol. The van der Waals surface area contributed by atoms with Gasteiger partial charge in [0.1, 0.15) is 0 Å². The van der Waals surface area contributed by atoms with Gasteiger partial charge in [-0.05, 0) is 77.0 Å². The molecule has 0 aromatic carbocycles. The molecule has 0 heterocycles. The number of hydrogen-bond acceptors (Lipinski definition) is 5.